The van der Waals surface area contributed by atoms with Crippen LogP contribution in [0.4, 0.5) is 0 Å². The highest BCUT2D eigenvalue weighted by atomic mass is 16.1. The third kappa shape index (κ3) is 3.21. The molecule has 1 amide bonds. The number of hydrogen-bond acceptors (Lipinski definition) is 3. The van der Waals surface area contributed by atoms with Crippen molar-refractivity contribution < 1.29 is 4.79 Å². The zero-order chi connectivity index (χ0) is 20.8. The lowest BCUT2D eigenvalue weighted by molar-refractivity contribution is -0.127. The molecule has 1 aliphatic carbocycles. The summed E-state index contributed by atoms with van der Waals surface area (Å²) in [6.45, 7) is 5.85. The van der Waals surface area contributed by atoms with E-state index in [9.17, 15) is 4.79 Å². The van der Waals surface area contributed by atoms with Crippen LogP contribution >= 0.6 is 0 Å². The first kappa shape index (κ1) is 19.3. The van der Waals surface area contributed by atoms with Crippen molar-refractivity contribution in [1.29, 1.82) is 0 Å². The Bertz CT molecular complexity index is 1070. The number of aromatic nitrogens is 2. The summed E-state index contributed by atoms with van der Waals surface area (Å²) in [4.78, 5) is 19.6. The Labute approximate surface area is 178 Å². The highest BCUT2D eigenvalue weighted by molar-refractivity contribution is 5.89. The summed E-state index contributed by atoms with van der Waals surface area (Å²) in [5, 5.41) is 4.57. The summed E-state index contributed by atoms with van der Waals surface area (Å²) in [6, 6.07) is 11.5. The van der Waals surface area contributed by atoms with Crippen LogP contribution in [0.3, 0.4) is 0 Å². The van der Waals surface area contributed by atoms with E-state index < -0.39 is 0 Å². The predicted octanol–water partition coefficient (Wildman–Crippen LogP) is 3.89. The molecule has 5 heteroatoms. The third-order valence-electron chi connectivity index (χ3n) is 6.99. The maximum Gasteiger partial charge on any atom is 0.224 e. The molecule has 1 aromatic carbocycles. The van der Waals surface area contributed by atoms with Crippen LogP contribution in [0.2, 0.25) is 0 Å². The number of carbonyl (C=O) groups excluding carboxylic acids is 1. The minimum atomic E-state index is 0.0110. The van der Waals surface area contributed by atoms with Gasteiger partial charge in [-0.25, -0.2) is 0 Å². The van der Waals surface area contributed by atoms with Crippen molar-refractivity contribution in [3.05, 3.63) is 65.6 Å². The molecule has 2 aliphatic rings. The van der Waals surface area contributed by atoms with Gasteiger partial charge in [0.25, 0.3) is 0 Å². The minimum Gasteiger partial charge on any atom is -0.352 e. The van der Waals surface area contributed by atoms with Crippen molar-refractivity contribution in [2.75, 3.05) is 13.6 Å². The normalized spacial score (nSPS) is 23.5. The van der Waals surface area contributed by atoms with Gasteiger partial charge in [-0.2, -0.15) is 0 Å². The summed E-state index contributed by atoms with van der Waals surface area (Å²) >= 11 is 0. The Morgan fingerprint density at radius 3 is 2.90 bits per heavy atom. The van der Waals surface area contributed by atoms with E-state index in [0.29, 0.717) is 24.5 Å². The van der Waals surface area contributed by atoms with Crippen molar-refractivity contribution in [1.82, 2.24) is 19.8 Å². The average molecular weight is 403 g/mol. The number of fused-ring (bicyclic) bond motifs is 2. The van der Waals surface area contributed by atoms with Crippen molar-refractivity contribution >= 4 is 16.8 Å². The molecule has 0 saturated carbocycles. The number of nitrogens with zero attached hydrogens (tertiary/aromatic N) is 3. The van der Waals surface area contributed by atoms with E-state index in [1.165, 1.54) is 22.0 Å². The molecule has 1 saturated heterocycles. The summed E-state index contributed by atoms with van der Waals surface area (Å²) < 4.78 is 2.41. The van der Waals surface area contributed by atoms with Crippen molar-refractivity contribution in [2.45, 2.75) is 51.2 Å². The van der Waals surface area contributed by atoms with E-state index in [0.717, 1.165) is 24.9 Å². The number of amides is 1. The Morgan fingerprint density at radius 1 is 1.27 bits per heavy atom. The molecule has 3 aromatic rings. The number of benzene rings is 1. The summed E-state index contributed by atoms with van der Waals surface area (Å²) in [7, 11) is 2.18. The van der Waals surface area contributed by atoms with Crippen molar-refractivity contribution in [3.8, 4) is 0 Å². The molecule has 30 heavy (non-hydrogen) atoms. The molecule has 0 radical (unpaired) electrons. The van der Waals surface area contributed by atoms with Crippen molar-refractivity contribution in [2.24, 2.45) is 5.92 Å². The molecule has 3 heterocycles. The Balaban J connectivity index is 1.41. The van der Waals surface area contributed by atoms with Crippen LogP contribution < -0.4 is 5.32 Å². The molecule has 5 nitrogen and oxygen atoms in total. The molecular weight excluding hydrogens is 372 g/mol. The van der Waals surface area contributed by atoms with Crippen LogP contribution in [0.15, 0.2) is 48.9 Å². The number of likely N-dealkylation sites (N-methyl/N-ethyl adjacent to an activating group) is 1. The van der Waals surface area contributed by atoms with E-state index in [2.05, 4.69) is 65.1 Å². The molecular formula is C25H30N4O. The van der Waals surface area contributed by atoms with Crippen molar-refractivity contribution in [3.63, 3.8) is 0 Å². The van der Waals surface area contributed by atoms with Gasteiger partial charge in [0.15, 0.2) is 0 Å². The van der Waals surface area contributed by atoms with Gasteiger partial charge in [0.2, 0.25) is 5.91 Å². The first-order chi connectivity index (χ1) is 14.5. The van der Waals surface area contributed by atoms with Gasteiger partial charge < -0.3 is 14.8 Å². The van der Waals surface area contributed by atoms with Crippen LogP contribution in [0.5, 0.6) is 0 Å². The lowest BCUT2D eigenvalue weighted by atomic mass is 9.72. The van der Waals surface area contributed by atoms with Gasteiger partial charge in [-0.15, -0.1) is 0 Å². The number of piperidine rings is 1. The van der Waals surface area contributed by atoms with Gasteiger partial charge in [-0.05, 0) is 62.6 Å². The Kier molecular flexibility index (Phi) is 4.86. The second-order valence-electron chi connectivity index (χ2n) is 9.23. The second kappa shape index (κ2) is 7.55. The maximum absolute atomic E-state index is 13.0. The monoisotopic (exact) mass is 402 g/mol. The van der Waals surface area contributed by atoms with Gasteiger partial charge in [-0.3, -0.25) is 9.78 Å². The fourth-order valence-corrected chi connectivity index (χ4v) is 5.53. The van der Waals surface area contributed by atoms with E-state index in [4.69, 9.17) is 0 Å². The minimum absolute atomic E-state index is 0.0110. The number of carbonyl (C=O) groups is 1. The van der Waals surface area contributed by atoms with Crippen LogP contribution in [0.1, 0.15) is 48.9 Å². The molecule has 3 atom stereocenters. The summed E-state index contributed by atoms with van der Waals surface area (Å²) in [6.07, 6.45) is 7.91. The molecule has 1 aliphatic heterocycles. The number of nitrogens with one attached hydrogen (secondary N) is 1. The smallest absolute Gasteiger partial charge is 0.224 e. The highest BCUT2D eigenvalue weighted by Gasteiger charge is 2.41. The maximum atomic E-state index is 13.0. The first-order valence-corrected chi connectivity index (χ1v) is 11.0. The van der Waals surface area contributed by atoms with Gasteiger partial charge >= 0.3 is 0 Å². The van der Waals surface area contributed by atoms with Crippen LogP contribution in [-0.4, -0.2) is 40.0 Å². The molecule has 0 spiro atoms. The lowest BCUT2D eigenvalue weighted by Crippen LogP contribution is -2.51. The number of pyridine rings is 1. The zero-order valence-corrected chi connectivity index (χ0v) is 18.0. The lowest BCUT2D eigenvalue weighted by Gasteiger charge is -2.45. The quantitative estimate of drug-likeness (QED) is 0.720. The van der Waals surface area contributed by atoms with Crippen LogP contribution in [-0.2, 0) is 17.8 Å². The van der Waals surface area contributed by atoms with Gasteiger partial charge in [0.1, 0.15) is 0 Å². The molecule has 1 N–H and O–H groups in total. The Hall–Kier alpha value is -2.66. The number of hydrogen-bond donors (Lipinski definition) is 1. The topological polar surface area (TPSA) is 50.2 Å². The van der Waals surface area contributed by atoms with Gasteiger partial charge in [0, 0.05) is 60.6 Å². The SMILES string of the molecule is CC(C)n1cc2c3c(cccc31)[C@H]1C[C@@H](C(=O)NCc3cccnc3)CN(C)[C@@H]1C2. The van der Waals surface area contributed by atoms with E-state index in [1.54, 1.807) is 6.20 Å². The fourth-order valence-electron chi connectivity index (χ4n) is 5.53. The third-order valence-corrected chi connectivity index (χ3v) is 6.99. The van der Waals surface area contributed by atoms with E-state index in [1.807, 2.05) is 18.3 Å². The molecule has 5 rings (SSSR count). The molecule has 2 aromatic heterocycles. The Morgan fingerprint density at radius 2 is 2.13 bits per heavy atom. The number of likely N-dealkylation sites (tertiary alicyclic amines) is 1. The molecule has 0 bridgehead atoms. The fraction of sp³-hybridized carbons (Fsp3) is 0.440. The van der Waals surface area contributed by atoms with Crippen LogP contribution in [0, 0.1) is 5.92 Å². The average Bonchev–Trinajstić information content (AvgIpc) is 3.13. The standard InChI is InChI=1S/C25H30N4O/c1-16(2)29-15-18-11-23-21(20-7-4-8-22(29)24(18)20)10-19(14-28(23)3)25(30)27-13-17-6-5-9-26-12-17/h4-9,12,15-16,19,21,23H,10-11,13-14H2,1-3H3,(H,27,30)/t19-,21-,23-/m1/s1. The molecule has 156 valence electrons. The predicted molar refractivity (Wildman–Crippen MR) is 119 cm³/mol. The zero-order valence-electron chi connectivity index (χ0n) is 18.0. The largest absolute Gasteiger partial charge is 0.352 e. The van der Waals surface area contributed by atoms with Crippen LogP contribution in [0.25, 0.3) is 10.9 Å². The highest BCUT2D eigenvalue weighted by Crippen LogP contribution is 2.45. The molecule has 1 fully saturated rings. The van der Waals surface area contributed by atoms with Gasteiger partial charge in [-0.1, -0.05) is 18.2 Å². The van der Waals surface area contributed by atoms with E-state index >= 15 is 0 Å². The summed E-state index contributed by atoms with van der Waals surface area (Å²) in [5.41, 5.74) is 5.26. The first-order valence-electron chi connectivity index (χ1n) is 11.0. The van der Waals surface area contributed by atoms with Gasteiger partial charge in [0.05, 0.1) is 5.92 Å². The second-order valence-corrected chi connectivity index (χ2v) is 9.23. The molecule has 0 unspecified atom stereocenters. The van der Waals surface area contributed by atoms with E-state index in [-0.39, 0.29) is 11.8 Å². The summed E-state index contributed by atoms with van der Waals surface area (Å²) in [5.74, 6) is 0.566. The number of rotatable bonds is 4.